The zero-order chi connectivity index (χ0) is 20.5. The highest BCUT2D eigenvalue weighted by Crippen LogP contribution is 2.14. The molecule has 0 spiro atoms. The number of benzene rings is 1. The van der Waals surface area contributed by atoms with Crippen molar-refractivity contribution in [3.05, 3.63) is 47.6 Å². The van der Waals surface area contributed by atoms with Crippen molar-refractivity contribution in [1.82, 2.24) is 25.7 Å². The molecular weight excluding hydrogens is 491 g/mol. The van der Waals surface area contributed by atoms with Crippen molar-refractivity contribution in [3.63, 3.8) is 0 Å². The molecule has 2 N–H and O–H groups in total. The number of piperidine rings is 1. The van der Waals surface area contributed by atoms with Crippen molar-refractivity contribution in [2.75, 3.05) is 26.7 Å². The van der Waals surface area contributed by atoms with Crippen LogP contribution in [0, 0.1) is 0 Å². The SMILES string of the molecule is CN=C(NCCCc1nc(C(C)C)no1)NC1CCN(Cc2ccccc2)CC1.I. The van der Waals surface area contributed by atoms with Gasteiger partial charge in [-0.2, -0.15) is 4.98 Å². The second-order valence-corrected chi connectivity index (χ2v) is 7.98. The van der Waals surface area contributed by atoms with Gasteiger partial charge in [0.05, 0.1) is 0 Å². The van der Waals surface area contributed by atoms with Gasteiger partial charge in [-0.15, -0.1) is 24.0 Å². The van der Waals surface area contributed by atoms with Crippen LogP contribution in [-0.2, 0) is 13.0 Å². The van der Waals surface area contributed by atoms with Gasteiger partial charge < -0.3 is 15.2 Å². The first-order chi connectivity index (χ1) is 14.1. The summed E-state index contributed by atoms with van der Waals surface area (Å²) in [6, 6.07) is 11.2. The number of nitrogens with one attached hydrogen (secondary N) is 2. The van der Waals surface area contributed by atoms with E-state index in [2.05, 4.69) is 74.8 Å². The molecule has 1 aromatic carbocycles. The van der Waals surface area contributed by atoms with Gasteiger partial charge in [0.2, 0.25) is 5.89 Å². The number of aliphatic imine (C=N–C) groups is 1. The molecule has 30 heavy (non-hydrogen) atoms. The van der Waals surface area contributed by atoms with Crippen LogP contribution in [0.25, 0.3) is 0 Å². The topological polar surface area (TPSA) is 78.6 Å². The van der Waals surface area contributed by atoms with E-state index in [9.17, 15) is 0 Å². The highest BCUT2D eigenvalue weighted by atomic mass is 127. The first kappa shape index (κ1) is 24.6. The Morgan fingerprint density at radius 2 is 1.97 bits per heavy atom. The van der Waals surface area contributed by atoms with E-state index in [1.54, 1.807) is 0 Å². The van der Waals surface area contributed by atoms with E-state index < -0.39 is 0 Å². The van der Waals surface area contributed by atoms with E-state index in [1.807, 2.05) is 7.05 Å². The highest BCUT2D eigenvalue weighted by molar-refractivity contribution is 14.0. The van der Waals surface area contributed by atoms with Crippen molar-refractivity contribution in [2.45, 2.75) is 58.0 Å². The van der Waals surface area contributed by atoms with Crippen LogP contribution in [-0.4, -0.2) is 53.7 Å². The summed E-state index contributed by atoms with van der Waals surface area (Å²) in [4.78, 5) is 11.3. The molecule has 1 saturated heterocycles. The third kappa shape index (κ3) is 7.86. The maximum Gasteiger partial charge on any atom is 0.226 e. The smallest absolute Gasteiger partial charge is 0.226 e. The molecule has 1 aliphatic rings. The predicted octanol–water partition coefficient (Wildman–Crippen LogP) is 3.57. The third-order valence-corrected chi connectivity index (χ3v) is 5.26. The maximum atomic E-state index is 5.29. The average molecular weight is 526 g/mol. The van der Waals surface area contributed by atoms with E-state index in [-0.39, 0.29) is 24.0 Å². The normalized spacial score (nSPS) is 15.8. The number of aromatic nitrogens is 2. The van der Waals surface area contributed by atoms with Gasteiger partial charge >= 0.3 is 0 Å². The van der Waals surface area contributed by atoms with E-state index in [1.165, 1.54) is 5.56 Å². The molecule has 0 unspecified atom stereocenters. The quantitative estimate of drug-likeness (QED) is 0.237. The zero-order valence-electron chi connectivity index (χ0n) is 18.3. The molecule has 0 bridgehead atoms. The fourth-order valence-corrected chi connectivity index (χ4v) is 3.52. The van der Waals surface area contributed by atoms with Gasteiger partial charge in [0.1, 0.15) is 0 Å². The second kappa shape index (κ2) is 12.9. The molecule has 3 rings (SSSR count). The molecule has 0 amide bonds. The molecule has 1 fully saturated rings. The first-order valence-corrected chi connectivity index (χ1v) is 10.7. The molecule has 1 aromatic heterocycles. The predicted molar refractivity (Wildman–Crippen MR) is 131 cm³/mol. The van der Waals surface area contributed by atoms with Crippen molar-refractivity contribution in [1.29, 1.82) is 0 Å². The summed E-state index contributed by atoms with van der Waals surface area (Å²) in [5.41, 5.74) is 1.39. The van der Waals surface area contributed by atoms with Gasteiger partial charge in [0.25, 0.3) is 0 Å². The number of guanidine groups is 1. The number of nitrogens with zero attached hydrogens (tertiary/aromatic N) is 4. The van der Waals surface area contributed by atoms with Crippen LogP contribution >= 0.6 is 24.0 Å². The minimum absolute atomic E-state index is 0. The molecule has 0 atom stereocenters. The van der Waals surface area contributed by atoms with Gasteiger partial charge in [0.15, 0.2) is 11.8 Å². The lowest BCUT2D eigenvalue weighted by Crippen LogP contribution is -2.48. The average Bonchev–Trinajstić information content (AvgIpc) is 3.22. The fourth-order valence-electron chi connectivity index (χ4n) is 3.52. The van der Waals surface area contributed by atoms with E-state index in [4.69, 9.17) is 4.52 Å². The molecule has 7 nitrogen and oxygen atoms in total. The molecular formula is C22H35IN6O. The third-order valence-electron chi connectivity index (χ3n) is 5.26. The Bertz CT molecular complexity index is 756. The first-order valence-electron chi connectivity index (χ1n) is 10.7. The van der Waals surface area contributed by atoms with Crippen molar-refractivity contribution in [2.24, 2.45) is 4.99 Å². The molecule has 166 valence electrons. The summed E-state index contributed by atoms with van der Waals surface area (Å²) in [5, 5.41) is 11.0. The maximum absolute atomic E-state index is 5.29. The molecule has 0 radical (unpaired) electrons. The van der Waals surface area contributed by atoms with Crippen LogP contribution in [0.3, 0.4) is 0 Å². The van der Waals surface area contributed by atoms with Gasteiger partial charge in [-0.1, -0.05) is 49.3 Å². The Labute approximate surface area is 197 Å². The molecule has 0 saturated carbocycles. The van der Waals surface area contributed by atoms with Gasteiger partial charge in [-0.05, 0) is 24.8 Å². The highest BCUT2D eigenvalue weighted by Gasteiger charge is 2.20. The van der Waals surface area contributed by atoms with Gasteiger partial charge in [-0.25, -0.2) is 0 Å². The number of aryl methyl sites for hydroxylation is 1. The summed E-state index contributed by atoms with van der Waals surface area (Å²) < 4.78 is 5.29. The minimum atomic E-state index is 0. The Hall–Kier alpha value is -1.68. The van der Waals surface area contributed by atoms with Gasteiger partial charge in [-0.3, -0.25) is 9.89 Å². The summed E-state index contributed by atoms with van der Waals surface area (Å²) in [6.07, 6.45) is 3.97. The fraction of sp³-hybridized carbons (Fsp3) is 0.591. The van der Waals surface area contributed by atoms with Gasteiger partial charge in [0, 0.05) is 51.6 Å². The number of rotatable bonds is 8. The van der Waals surface area contributed by atoms with Crippen molar-refractivity contribution in [3.8, 4) is 0 Å². The Balaban J connectivity index is 0.00000320. The summed E-state index contributed by atoms with van der Waals surface area (Å²) in [6.45, 7) is 8.22. The molecule has 0 aliphatic carbocycles. The molecule has 2 heterocycles. The molecule has 8 heteroatoms. The Kier molecular flexibility index (Phi) is 10.6. The number of halogens is 1. The summed E-state index contributed by atoms with van der Waals surface area (Å²) >= 11 is 0. The lowest BCUT2D eigenvalue weighted by Gasteiger charge is -2.33. The number of likely N-dealkylation sites (tertiary alicyclic amines) is 1. The standard InChI is InChI=1S/C22H34N6O.HI/c1-17(2)21-26-20(29-27-21)10-7-13-24-22(23-3)25-19-11-14-28(15-12-19)16-18-8-5-4-6-9-18;/h4-6,8-9,17,19H,7,10-16H2,1-3H3,(H2,23,24,25);1H. The van der Waals surface area contributed by atoms with Crippen molar-refractivity contribution >= 4 is 29.9 Å². The lowest BCUT2D eigenvalue weighted by atomic mass is 10.0. The van der Waals surface area contributed by atoms with Crippen molar-refractivity contribution < 1.29 is 4.52 Å². The van der Waals surface area contributed by atoms with Crippen LogP contribution in [0.1, 0.15) is 56.3 Å². The van der Waals surface area contributed by atoms with Crippen LogP contribution in [0.15, 0.2) is 39.8 Å². The minimum Gasteiger partial charge on any atom is -0.356 e. The second-order valence-electron chi connectivity index (χ2n) is 7.98. The number of hydrogen-bond acceptors (Lipinski definition) is 5. The Morgan fingerprint density at radius 3 is 2.60 bits per heavy atom. The van der Waals surface area contributed by atoms with E-state index in [0.29, 0.717) is 17.9 Å². The molecule has 1 aliphatic heterocycles. The zero-order valence-corrected chi connectivity index (χ0v) is 20.6. The monoisotopic (exact) mass is 526 g/mol. The van der Waals surface area contributed by atoms with Crippen LogP contribution in [0.2, 0.25) is 0 Å². The largest absolute Gasteiger partial charge is 0.356 e. The summed E-state index contributed by atoms with van der Waals surface area (Å²) in [7, 11) is 1.83. The lowest BCUT2D eigenvalue weighted by molar-refractivity contribution is 0.198. The number of hydrogen-bond donors (Lipinski definition) is 2. The summed E-state index contributed by atoms with van der Waals surface area (Å²) in [5.74, 6) is 2.67. The van der Waals surface area contributed by atoms with Crippen LogP contribution in [0.5, 0.6) is 0 Å². The van der Waals surface area contributed by atoms with Crippen LogP contribution < -0.4 is 10.6 Å². The Morgan fingerprint density at radius 1 is 1.23 bits per heavy atom. The van der Waals surface area contributed by atoms with E-state index in [0.717, 1.165) is 63.6 Å². The van der Waals surface area contributed by atoms with E-state index >= 15 is 0 Å². The molecule has 2 aromatic rings. The van der Waals surface area contributed by atoms with Crippen LogP contribution in [0.4, 0.5) is 0 Å².